The van der Waals surface area contributed by atoms with Crippen LogP contribution in [0, 0.1) is 5.92 Å². The Morgan fingerprint density at radius 1 is 1.50 bits per heavy atom. The van der Waals surface area contributed by atoms with Crippen molar-refractivity contribution in [3.8, 4) is 0 Å². The molecule has 1 fully saturated rings. The molecule has 0 bridgehead atoms. The quantitative estimate of drug-likeness (QED) is 0.763. The lowest BCUT2D eigenvalue weighted by atomic mass is 9.95. The van der Waals surface area contributed by atoms with E-state index in [2.05, 4.69) is 0 Å². The second-order valence-corrected chi connectivity index (χ2v) is 5.84. The first-order valence-corrected chi connectivity index (χ1v) is 6.29. The van der Waals surface area contributed by atoms with Crippen LogP contribution in [0.5, 0.6) is 0 Å². The molecule has 0 spiro atoms. The zero-order valence-electron chi connectivity index (χ0n) is 7.65. The number of carbonyl (C=O) groups is 1. The summed E-state index contributed by atoms with van der Waals surface area (Å²) in [5.41, 5.74) is 0. The summed E-state index contributed by atoms with van der Waals surface area (Å²) in [6.45, 7) is 0. The molecule has 1 N–H and O–H groups in total. The number of carboxylic acids is 1. The fraction of sp³-hybridized carbons (Fsp3) is 0.875. The minimum Gasteiger partial charge on any atom is -0.481 e. The van der Waals surface area contributed by atoms with Gasteiger partial charge in [0.25, 0.3) is 0 Å². The summed E-state index contributed by atoms with van der Waals surface area (Å²) >= 11 is 0. The van der Waals surface area contributed by atoms with E-state index in [1.54, 1.807) is 0 Å². The number of rotatable bonds is 3. The third-order valence-electron chi connectivity index (χ3n) is 2.45. The van der Waals surface area contributed by atoms with Gasteiger partial charge >= 0.3 is 5.97 Å². The highest BCUT2D eigenvalue weighted by Gasteiger charge is 2.33. The second-order valence-electron chi connectivity index (χ2n) is 3.61. The SMILES string of the molecule is O=C(O)CCC1CCS(=O)(=O)CC1F. The van der Waals surface area contributed by atoms with Crippen LogP contribution in [-0.4, -0.2) is 37.2 Å². The molecule has 1 saturated heterocycles. The highest BCUT2D eigenvalue weighted by Crippen LogP contribution is 2.26. The van der Waals surface area contributed by atoms with Gasteiger partial charge in [-0.25, -0.2) is 12.8 Å². The van der Waals surface area contributed by atoms with E-state index < -0.39 is 33.6 Å². The van der Waals surface area contributed by atoms with E-state index in [0.29, 0.717) is 0 Å². The maximum Gasteiger partial charge on any atom is 0.303 e. The zero-order valence-corrected chi connectivity index (χ0v) is 8.46. The molecule has 0 aromatic heterocycles. The third kappa shape index (κ3) is 3.25. The lowest BCUT2D eigenvalue weighted by Gasteiger charge is -2.25. The van der Waals surface area contributed by atoms with Gasteiger partial charge in [-0.15, -0.1) is 0 Å². The summed E-state index contributed by atoms with van der Waals surface area (Å²) in [6.07, 6.45) is -1.01. The van der Waals surface area contributed by atoms with Crippen LogP contribution in [0.25, 0.3) is 0 Å². The molecular formula is C8H13FO4S. The van der Waals surface area contributed by atoms with E-state index in [9.17, 15) is 17.6 Å². The molecule has 0 saturated carbocycles. The molecule has 1 aliphatic rings. The fourth-order valence-electron chi connectivity index (χ4n) is 1.61. The number of alkyl halides is 1. The molecule has 82 valence electrons. The normalized spacial score (nSPS) is 31.2. The first-order valence-electron chi connectivity index (χ1n) is 4.47. The Labute approximate surface area is 82.0 Å². The molecule has 0 aromatic carbocycles. The van der Waals surface area contributed by atoms with Crippen molar-refractivity contribution in [2.24, 2.45) is 5.92 Å². The summed E-state index contributed by atoms with van der Waals surface area (Å²) in [6, 6.07) is 0. The molecule has 14 heavy (non-hydrogen) atoms. The van der Waals surface area contributed by atoms with Crippen molar-refractivity contribution in [3.63, 3.8) is 0 Å². The standard InChI is InChI=1S/C8H13FO4S/c9-7-5-14(12,13)4-3-6(7)1-2-8(10)11/h6-7H,1-5H2,(H,10,11). The fourth-order valence-corrected chi connectivity index (χ4v) is 3.19. The predicted molar refractivity (Wildman–Crippen MR) is 48.5 cm³/mol. The second kappa shape index (κ2) is 4.25. The number of carboxylic acid groups (broad SMARTS) is 1. The van der Waals surface area contributed by atoms with Gasteiger partial charge in [0.2, 0.25) is 0 Å². The molecule has 0 aliphatic carbocycles. The van der Waals surface area contributed by atoms with Crippen molar-refractivity contribution in [3.05, 3.63) is 0 Å². The van der Waals surface area contributed by atoms with Crippen molar-refractivity contribution in [2.75, 3.05) is 11.5 Å². The molecule has 2 atom stereocenters. The molecule has 1 aliphatic heterocycles. The maximum absolute atomic E-state index is 13.2. The van der Waals surface area contributed by atoms with Gasteiger partial charge in [0, 0.05) is 6.42 Å². The van der Waals surface area contributed by atoms with Crippen LogP contribution >= 0.6 is 0 Å². The van der Waals surface area contributed by atoms with Gasteiger partial charge in [0.1, 0.15) is 6.17 Å². The molecule has 0 radical (unpaired) electrons. The smallest absolute Gasteiger partial charge is 0.303 e. The van der Waals surface area contributed by atoms with E-state index in [0.717, 1.165) is 0 Å². The van der Waals surface area contributed by atoms with Crippen molar-refractivity contribution >= 4 is 15.8 Å². The molecule has 4 nitrogen and oxygen atoms in total. The van der Waals surface area contributed by atoms with Crippen LogP contribution in [0.3, 0.4) is 0 Å². The summed E-state index contributed by atoms with van der Waals surface area (Å²) in [7, 11) is -3.23. The van der Waals surface area contributed by atoms with Gasteiger partial charge < -0.3 is 5.11 Å². The maximum atomic E-state index is 13.2. The van der Waals surface area contributed by atoms with E-state index in [1.165, 1.54) is 0 Å². The minimum absolute atomic E-state index is 0.0162. The van der Waals surface area contributed by atoms with Crippen LogP contribution in [0.15, 0.2) is 0 Å². The van der Waals surface area contributed by atoms with Crippen LogP contribution in [0.4, 0.5) is 4.39 Å². The Balaban J connectivity index is 2.46. The molecule has 0 aromatic rings. The van der Waals surface area contributed by atoms with Crippen molar-refractivity contribution in [1.29, 1.82) is 0 Å². The van der Waals surface area contributed by atoms with Crippen LogP contribution < -0.4 is 0 Å². The Kier molecular flexibility index (Phi) is 3.47. The van der Waals surface area contributed by atoms with E-state index >= 15 is 0 Å². The zero-order chi connectivity index (χ0) is 10.8. The Hall–Kier alpha value is -0.650. The van der Waals surface area contributed by atoms with Gasteiger partial charge in [0.05, 0.1) is 11.5 Å². The van der Waals surface area contributed by atoms with Gasteiger partial charge in [-0.05, 0) is 18.8 Å². The Morgan fingerprint density at radius 2 is 2.14 bits per heavy atom. The Bertz CT molecular complexity index is 311. The number of aliphatic carboxylic acids is 1. The van der Waals surface area contributed by atoms with Gasteiger partial charge in [-0.1, -0.05) is 0 Å². The summed E-state index contributed by atoms with van der Waals surface area (Å²) in [4.78, 5) is 10.2. The topological polar surface area (TPSA) is 71.4 Å². The average Bonchev–Trinajstić information content (AvgIpc) is 2.00. The van der Waals surface area contributed by atoms with E-state index in [1.807, 2.05) is 0 Å². The summed E-state index contributed by atoms with van der Waals surface area (Å²) in [5, 5.41) is 8.39. The van der Waals surface area contributed by atoms with Crippen LogP contribution in [0.1, 0.15) is 19.3 Å². The van der Waals surface area contributed by atoms with Gasteiger partial charge in [-0.2, -0.15) is 0 Å². The highest BCUT2D eigenvalue weighted by atomic mass is 32.2. The van der Waals surface area contributed by atoms with Gasteiger partial charge in [-0.3, -0.25) is 4.79 Å². The van der Waals surface area contributed by atoms with Gasteiger partial charge in [0.15, 0.2) is 9.84 Å². The largest absolute Gasteiger partial charge is 0.481 e. The molecule has 6 heteroatoms. The molecular weight excluding hydrogens is 211 g/mol. The summed E-state index contributed by atoms with van der Waals surface area (Å²) < 4.78 is 35.2. The van der Waals surface area contributed by atoms with Crippen molar-refractivity contribution in [1.82, 2.24) is 0 Å². The molecule has 0 amide bonds. The number of halogens is 1. The minimum atomic E-state index is -3.23. The van der Waals surface area contributed by atoms with E-state index in [-0.39, 0.29) is 25.0 Å². The average molecular weight is 224 g/mol. The number of hydrogen-bond acceptors (Lipinski definition) is 3. The van der Waals surface area contributed by atoms with E-state index in [4.69, 9.17) is 5.11 Å². The monoisotopic (exact) mass is 224 g/mol. The van der Waals surface area contributed by atoms with Crippen molar-refractivity contribution in [2.45, 2.75) is 25.4 Å². The third-order valence-corrected chi connectivity index (χ3v) is 4.14. The lowest BCUT2D eigenvalue weighted by Crippen LogP contribution is -2.34. The lowest BCUT2D eigenvalue weighted by molar-refractivity contribution is -0.137. The number of hydrogen-bond donors (Lipinski definition) is 1. The highest BCUT2D eigenvalue weighted by molar-refractivity contribution is 7.91. The first-order chi connectivity index (χ1) is 6.41. The van der Waals surface area contributed by atoms with Crippen molar-refractivity contribution < 1.29 is 22.7 Å². The number of sulfone groups is 1. The predicted octanol–water partition coefficient (Wildman–Crippen LogP) is 0.624. The first kappa shape index (κ1) is 11.4. The van der Waals surface area contributed by atoms with Crippen LogP contribution in [0.2, 0.25) is 0 Å². The molecule has 2 unspecified atom stereocenters. The van der Waals surface area contributed by atoms with Crippen LogP contribution in [-0.2, 0) is 14.6 Å². The molecule has 1 heterocycles. The summed E-state index contributed by atoms with van der Waals surface area (Å²) in [5.74, 6) is -1.84. The molecule has 1 rings (SSSR count). The Morgan fingerprint density at radius 3 is 2.64 bits per heavy atom.